The Morgan fingerprint density at radius 2 is 1.92 bits per heavy atom. The van der Waals surface area contributed by atoms with Gasteiger partial charge in [0.1, 0.15) is 0 Å². The number of benzene rings is 1. The Kier molecular flexibility index (Phi) is 2.69. The summed E-state index contributed by atoms with van der Waals surface area (Å²) in [6.45, 7) is 2.12. The molecule has 0 heteroatoms. The van der Waals surface area contributed by atoms with Crippen LogP contribution in [0.2, 0.25) is 0 Å². The van der Waals surface area contributed by atoms with Crippen molar-refractivity contribution in [2.75, 3.05) is 0 Å². The highest BCUT2D eigenvalue weighted by Gasteiger charge is 2.13. The first-order chi connectivity index (χ1) is 5.42. The highest BCUT2D eigenvalue weighted by Crippen LogP contribution is 2.31. The molecule has 64 valence electrons. The minimum Gasteiger partial charge on any atom is -0.0838 e. The highest BCUT2D eigenvalue weighted by molar-refractivity contribution is 5.72. The van der Waals surface area contributed by atoms with Crippen molar-refractivity contribution in [1.82, 2.24) is 0 Å². The smallest absolute Gasteiger partial charge is 0.0195 e. The summed E-state index contributed by atoms with van der Waals surface area (Å²) in [5, 5.41) is 0. The zero-order chi connectivity index (χ0) is 7.68. The number of rotatable bonds is 0. The Morgan fingerprint density at radius 1 is 1.17 bits per heavy atom. The van der Waals surface area contributed by atoms with Crippen LogP contribution in [0.25, 0.3) is 5.57 Å². The lowest BCUT2D eigenvalue weighted by atomic mass is 10.1. The number of hydrogen-bond donors (Lipinski definition) is 0. The molecule has 12 heavy (non-hydrogen) atoms. The molecule has 1 aromatic carbocycles. The Morgan fingerprint density at radius 3 is 2.67 bits per heavy atom. The van der Waals surface area contributed by atoms with E-state index in [4.69, 9.17) is 0 Å². The normalized spacial score (nSPS) is 17.2. The summed E-state index contributed by atoms with van der Waals surface area (Å²) < 4.78 is 0. The van der Waals surface area contributed by atoms with E-state index >= 15 is 0 Å². The predicted octanol–water partition coefficient (Wildman–Crippen LogP) is 3.67. The Balaban J connectivity index is 0.000000720. The van der Waals surface area contributed by atoms with Gasteiger partial charge in [-0.15, -0.1) is 0 Å². The molecular weight excluding hydrogens is 144 g/mol. The van der Waals surface area contributed by atoms with Crippen molar-refractivity contribution in [1.29, 1.82) is 0 Å². The van der Waals surface area contributed by atoms with Crippen LogP contribution < -0.4 is 0 Å². The molecule has 0 fully saturated rings. The van der Waals surface area contributed by atoms with Crippen LogP contribution in [0.3, 0.4) is 0 Å². The number of hydrogen-bond acceptors (Lipinski definition) is 0. The first-order valence-corrected chi connectivity index (χ1v) is 4.15. The van der Waals surface area contributed by atoms with Crippen LogP contribution in [0.1, 0.15) is 31.9 Å². The summed E-state index contributed by atoms with van der Waals surface area (Å²) in [5.74, 6) is 0. The van der Waals surface area contributed by atoms with Crippen molar-refractivity contribution in [3.8, 4) is 0 Å². The fraction of sp³-hybridized carbons (Fsp3) is 0.333. The summed E-state index contributed by atoms with van der Waals surface area (Å²) in [7, 11) is 0. The Bertz CT molecular complexity index is 295. The first-order valence-electron chi connectivity index (χ1n) is 4.15. The lowest BCUT2D eigenvalue weighted by molar-refractivity contribution is 1.08. The number of aryl methyl sites for hydroxylation is 1. The van der Waals surface area contributed by atoms with Gasteiger partial charge in [0.25, 0.3) is 0 Å². The zero-order valence-electron chi connectivity index (χ0n) is 6.80. The lowest BCUT2D eigenvalue weighted by Gasteiger charge is -1.97. The average Bonchev–Trinajstić information content (AvgIpc) is 2.47. The van der Waals surface area contributed by atoms with Gasteiger partial charge in [-0.25, -0.2) is 0 Å². The molecule has 0 aliphatic heterocycles. The summed E-state index contributed by atoms with van der Waals surface area (Å²) in [6, 6.07) is 8.69. The molecule has 0 heterocycles. The zero-order valence-corrected chi connectivity index (χ0v) is 6.80. The topological polar surface area (TPSA) is 0 Å². The molecule has 0 bridgehead atoms. The van der Waals surface area contributed by atoms with Gasteiger partial charge in [0.15, 0.2) is 0 Å². The van der Waals surface area contributed by atoms with E-state index < -0.39 is 0 Å². The largest absolute Gasteiger partial charge is 0.0838 e. The Hall–Kier alpha value is -1.04. The van der Waals surface area contributed by atoms with Crippen LogP contribution in [0.4, 0.5) is 0 Å². The summed E-state index contributed by atoms with van der Waals surface area (Å²) in [4.78, 5) is 0. The molecule has 0 amide bonds. The second-order valence-corrected chi connectivity index (χ2v) is 2.97. The molecule has 0 spiro atoms. The van der Waals surface area contributed by atoms with E-state index in [1.807, 2.05) is 0 Å². The van der Waals surface area contributed by atoms with Gasteiger partial charge >= 0.3 is 0 Å². The fourth-order valence-electron chi connectivity index (χ4n) is 1.76. The summed E-state index contributed by atoms with van der Waals surface area (Å²) in [5.41, 5.74) is 4.50. The SMILES string of the molecule is C.C/C=C1\CCc2ccccc21. The lowest BCUT2D eigenvalue weighted by Crippen LogP contribution is -1.77. The third kappa shape index (κ3) is 1.29. The quantitative estimate of drug-likeness (QED) is 0.543. The van der Waals surface area contributed by atoms with Crippen LogP contribution >= 0.6 is 0 Å². The number of fused-ring (bicyclic) bond motifs is 1. The van der Waals surface area contributed by atoms with Gasteiger partial charge in [0.2, 0.25) is 0 Å². The molecule has 0 unspecified atom stereocenters. The third-order valence-corrected chi connectivity index (χ3v) is 2.38. The summed E-state index contributed by atoms with van der Waals surface area (Å²) in [6.07, 6.45) is 4.69. The molecule has 0 radical (unpaired) electrons. The van der Waals surface area contributed by atoms with Crippen LogP contribution in [0, 0.1) is 0 Å². The molecule has 0 saturated heterocycles. The number of allylic oxidation sites excluding steroid dienone is 2. The van der Waals surface area contributed by atoms with Crippen molar-refractivity contribution in [3.05, 3.63) is 41.5 Å². The molecule has 1 aliphatic rings. The minimum absolute atomic E-state index is 0. The van der Waals surface area contributed by atoms with Gasteiger partial charge in [-0.1, -0.05) is 37.8 Å². The van der Waals surface area contributed by atoms with E-state index in [1.165, 1.54) is 29.5 Å². The van der Waals surface area contributed by atoms with Crippen molar-refractivity contribution < 1.29 is 0 Å². The second kappa shape index (κ2) is 3.57. The molecule has 0 saturated carbocycles. The van der Waals surface area contributed by atoms with Crippen molar-refractivity contribution in [3.63, 3.8) is 0 Å². The minimum atomic E-state index is 0. The van der Waals surface area contributed by atoms with Crippen molar-refractivity contribution >= 4 is 5.57 Å². The van der Waals surface area contributed by atoms with Gasteiger partial charge in [-0.3, -0.25) is 0 Å². The fourth-order valence-corrected chi connectivity index (χ4v) is 1.76. The molecule has 1 aromatic rings. The van der Waals surface area contributed by atoms with Crippen molar-refractivity contribution in [2.24, 2.45) is 0 Å². The van der Waals surface area contributed by atoms with E-state index in [2.05, 4.69) is 37.3 Å². The molecule has 0 nitrogen and oxygen atoms in total. The second-order valence-electron chi connectivity index (χ2n) is 2.97. The molecular formula is C12H16. The maximum Gasteiger partial charge on any atom is -0.0195 e. The maximum absolute atomic E-state index is 2.23. The van der Waals surface area contributed by atoms with E-state index in [0.29, 0.717) is 0 Å². The van der Waals surface area contributed by atoms with Gasteiger partial charge in [0.05, 0.1) is 0 Å². The predicted molar refractivity (Wildman–Crippen MR) is 55.1 cm³/mol. The van der Waals surface area contributed by atoms with Crippen LogP contribution in [-0.4, -0.2) is 0 Å². The molecule has 1 aliphatic carbocycles. The maximum atomic E-state index is 2.23. The molecule has 2 rings (SSSR count). The average molecular weight is 160 g/mol. The van der Waals surface area contributed by atoms with E-state index in [1.54, 1.807) is 0 Å². The van der Waals surface area contributed by atoms with Crippen molar-refractivity contribution in [2.45, 2.75) is 27.2 Å². The molecule has 0 atom stereocenters. The summed E-state index contributed by atoms with van der Waals surface area (Å²) >= 11 is 0. The van der Waals surface area contributed by atoms with E-state index in [-0.39, 0.29) is 7.43 Å². The van der Waals surface area contributed by atoms with Gasteiger partial charge < -0.3 is 0 Å². The van der Waals surface area contributed by atoms with Gasteiger partial charge in [0, 0.05) is 0 Å². The molecule has 0 aromatic heterocycles. The van der Waals surface area contributed by atoms with Crippen LogP contribution in [0.15, 0.2) is 30.3 Å². The monoisotopic (exact) mass is 160 g/mol. The van der Waals surface area contributed by atoms with E-state index in [9.17, 15) is 0 Å². The third-order valence-electron chi connectivity index (χ3n) is 2.38. The van der Waals surface area contributed by atoms with Gasteiger partial charge in [-0.05, 0) is 36.5 Å². The highest BCUT2D eigenvalue weighted by atomic mass is 14.2. The standard InChI is InChI=1S/C11H12.CH4/c1-2-9-7-8-10-5-3-4-6-11(9)10;/h2-6H,7-8H2,1H3;1H4/b9-2+;. The van der Waals surface area contributed by atoms with Gasteiger partial charge in [-0.2, -0.15) is 0 Å². The van der Waals surface area contributed by atoms with Crippen LogP contribution in [0.5, 0.6) is 0 Å². The Labute approximate surface area is 74.9 Å². The van der Waals surface area contributed by atoms with E-state index in [0.717, 1.165) is 0 Å². The first kappa shape index (κ1) is 9.05. The molecule has 0 N–H and O–H groups in total. The van der Waals surface area contributed by atoms with Crippen LogP contribution in [-0.2, 0) is 6.42 Å².